The van der Waals surface area contributed by atoms with Gasteiger partial charge in [-0.05, 0) is 114 Å². The quantitative estimate of drug-likeness (QED) is 0.275. The zero-order valence-electron chi connectivity index (χ0n) is 22.3. The molecule has 6 unspecified atom stereocenters. The molecular weight excluding hydrogens is 508 g/mol. The average molecular weight is 543 g/mol. The van der Waals surface area contributed by atoms with Crippen molar-refractivity contribution in [3.8, 4) is 5.75 Å². The molecule has 5 bridgehead atoms. The minimum absolute atomic E-state index is 0.0585. The fourth-order valence-electron chi connectivity index (χ4n) is 7.89. The van der Waals surface area contributed by atoms with Gasteiger partial charge >= 0.3 is 11.9 Å². The first-order chi connectivity index (χ1) is 18.9. The maximum atomic E-state index is 13.0. The molecule has 6 heteroatoms. The fourth-order valence-corrected chi connectivity index (χ4v) is 10.4. The van der Waals surface area contributed by atoms with Crippen LogP contribution in [0.5, 0.6) is 5.75 Å². The minimum atomic E-state index is -0.726. The van der Waals surface area contributed by atoms with Crippen molar-refractivity contribution >= 4 is 22.8 Å². The van der Waals surface area contributed by atoms with E-state index >= 15 is 0 Å². The highest BCUT2D eigenvalue weighted by molar-refractivity contribution is 8.17. The van der Waals surface area contributed by atoms with Crippen molar-refractivity contribution in [2.75, 3.05) is 6.61 Å². The van der Waals surface area contributed by atoms with Gasteiger partial charge in [-0.25, -0.2) is 4.79 Å². The van der Waals surface area contributed by atoms with Crippen molar-refractivity contribution in [2.24, 2.45) is 23.2 Å². The van der Waals surface area contributed by atoms with E-state index in [1.54, 1.807) is 0 Å². The van der Waals surface area contributed by atoms with Crippen LogP contribution in [0.4, 0.5) is 0 Å². The number of fused-ring (bicyclic) bond motifs is 1. The molecule has 3 aromatic carbocycles. The highest BCUT2D eigenvalue weighted by atomic mass is 32.2. The van der Waals surface area contributed by atoms with Gasteiger partial charge in [-0.3, -0.25) is 4.79 Å². The van der Waals surface area contributed by atoms with Crippen LogP contribution in [0.15, 0.2) is 87.5 Å². The molecule has 0 N–H and O–H groups in total. The van der Waals surface area contributed by atoms with Crippen molar-refractivity contribution < 1.29 is 23.8 Å². The van der Waals surface area contributed by atoms with Gasteiger partial charge < -0.3 is 14.2 Å². The first-order valence-electron chi connectivity index (χ1n) is 14.0. The Hall–Kier alpha value is -3.25. The second-order valence-electron chi connectivity index (χ2n) is 11.8. The van der Waals surface area contributed by atoms with E-state index < -0.39 is 16.9 Å². The average Bonchev–Trinajstić information content (AvgIpc) is 3.13. The number of carbonyl (C=O) groups is 2. The standard InChI is InChI=1S/C33H34O5S/c1-20-13-26(39(24-9-5-3-6-10-24)25-11-7-4-8-12-25)14-21(2)30(20)36-19-29(34)38-31-23-15-22-17-33(18-23)27(22)16-28(31)37-32(33)35/h3-14,22-23,27-28,31,39H,15-19H2,1-2H3. The van der Waals surface area contributed by atoms with E-state index in [1.165, 1.54) is 14.7 Å². The first-order valence-corrected chi connectivity index (χ1v) is 15.3. The monoisotopic (exact) mass is 542 g/mol. The molecule has 7 fully saturated rings. The first kappa shape index (κ1) is 24.8. The Bertz CT molecular complexity index is 1360. The van der Waals surface area contributed by atoms with Crippen LogP contribution in [0.25, 0.3) is 0 Å². The Morgan fingerprint density at radius 2 is 1.51 bits per heavy atom. The molecule has 0 radical (unpaired) electrons. The third-order valence-corrected chi connectivity index (χ3v) is 11.9. The molecule has 5 saturated carbocycles. The topological polar surface area (TPSA) is 61.8 Å². The number of hydrogen-bond donors (Lipinski definition) is 1. The third-order valence-electron chi connectivity index (χ3n) is 9.45. The van der Waals surface area contributed by atoms with E-state index in [-0.39, 0.29) is 36.1 Å². The van der Waals surface area contributed by atoms with Crippen molar-refractivity contribution in [3.63, 3.8) is 0 Å². The molecule has 3 aromatic rings. The predicted molar refractivity (Wildman–Crippen MR) is 149 cm³/mol. The summed E-state index contributed by atoms with van der Waals surface area (Å²) < 4.78 is 17.9. The number of carbonyl (C=O) groups excluding carboxylic acids is 2. The van der Waals surface area contributed by atoms with Crippen molar-refractivity contribution in [2.45, 2.75) is 66.4 Å². The lowest BCUT2D eigenvalue weighted by Crippen LogP contribution is -2.59. The molecule has 5 nitrogen and oxygen atoms in total. The van der Waals surface area contributed by atoms with Gasteiger partial charge in [-0.2, -0.15) is 10.9 Å². The predicted octanol–water partition coefficient (Wildman–Crippen LogP) is 6.43. The second-order valence-corrected chi connectivity index (χ2v) is 14.0. The van der Waals surface area contributed by atoms with Crippen LogP contribution in [0.3, 0.4) is 0 Å². The molecule has 0 aromatic heterocycles. The third kappa shape index (κ3) is 4.07. The molecule has 2 saturated heterocycles. The van der Waals surface area contributed by atoms with Gasteiger partial charge in [0.05, 0.1) is 5.41 Å². The van der Waals surface area contributed by atoms with Gasteiger partial charge in [0.25, 0.3) is 0 Å². The number of esters is 2. The zero-order chi connectivity index (χ0) is 26.7. The fraction of sp³-hybridized carbons (Fsp3) is 0.394. The summed E-state index contributed by atoms with van der Waals surface area (Å²) in [5.74, 6) is 1.48. The Morgan fingerprint density at radius 1 is 0.897 bits per heavy atom. The molecule has 6 atom stereocenters. The van der Waals surface area contributed by atoms with E-state index in [2.05, 4.69) is 60.7 Å². The highest BCUT2D eigenvalue weighted by Crippen LogP contribution is 2.69. The van der Waals surface area contributed by atoms with E-state index in [0.29, 0.717) is 11.8 Å². The maximum absolute atomic E-state index is 13.0. The molecule has 39 heavy (non-hydrogen) atoms. The van der Waals surface area contributed by atoms with E-state index in [1.807, 2.05) is 26.0 Å². The molecule has 10 rings (SSSR count). The van der Waals surface area contributed by atoms with Crippen molar-refractivity contribution in [3.05, 3.63) is 83.9 Å². The maximum Gasteiger partial charge on any atom is 0.344 e. The lowest BCUT2D eigenvalue weighted by atomic mass is 9.45. The van der Waals surface area contributed by atoms with Crippen LogP contribution in [0.2, 0.25) is 0 Å². The van der Waals surface area contributed by atoms with E-state index in [4.69, 9.17) is 14.2 Å². The summed E-state index contributed by atoms with van der Waals surface area (Å²) in [5, 5.41) is 0. The Labute approximate surface area is 232 Å². The van der Waals surface area contributed by atoms with Gasteiger partial charge in [0, 0.05) is 5.92 Å². The van der Waals surface area contributed by atoms with Gasteiger partial charge in [-0.15, -0.1) is 0 Å². The number of thiol groups is 1. The van der Waals surface area contributed by atoms with Crippen molar-refractivity contribution in [1.29, 1.82) is 0 Å². The van der Waals surface area contributed by atoms with Crippen LogP contribution in [-0.4, -0.2) is 30.8 Å². The summed E-state index contributed by atoms with van der Waals surface area (Å²) in [6.07, 6.45) is 2.95. The normalized spacial score (nSPS) is 30.2. The minimum Gasteiger partial charge on any atom is -0.481 e. The van der Waals surface area contributed by atoms with Crippen molar-refractivity contribution in [1.82, 2.24) is 0 Å². The lowest BCUT2D eigenvalue weighted by Gasteiger charge is -2.59. The van der Waals surface area contributed by atoms with Gasteiger partial charge in [0.2, 0.25) is 0 Å². The van der Waals surface area contributed by atoms with Crippen LogP contribution in [-0.2, 0) is 19.1 Å². The lowest BCUT2D eigenvalue weighted by molar-refractivity contribution is -0.205. The molecule has 2 aliphatic heterocycles. The number of ether oxygens (including phenoxy) is 3. The molecule has 5 aliphatic carbocycles. The molecule has 1 spiro atoms. The Morgan fingerprint density at radius 3 is 2.15 bits per heavy atom. The molecular formula is C33H34O5S. The van der Waals surface area contributed by atoms with Crippen LogP contribution in [0, 0.1) is 37.0 Å². The number of aryl methyl sites for hydroxylation is 2. The molecule has 7 aliphatic rings. The largest absolute Gasteiger partial charge is 0.481 e. The molecule has 2 heterocycles. The number of hydrogen-bond acceptors (Lipinski definition) is 5. The number of rotatable bonds is 7. The highest BCUT2D eigenvalue weighted by Gasteiger charge is 2.71. The van der Waals surface area contributed by atoms with E-state index in [0.717, 1.165) is 42.6 Å². The SMILES string of the molecule is Cc1cc([SH](c2ccccc2)c2ccccc2)cc(C)c1OCC(=O)OC1C2CC3CC4(C2)C(=O)OC1CC34. The van der Waals surface area contributed by atoms with E-state index in [9.17, 15) is 9.59 Å². The Kier molecular flexibility index (Phi) is 6.00. The number of benzene rings is 3. The summed E-state index contributed by atoms with van der Waals surface area (Å²) in [7, 11) is -0.726. The summed E-state index contributed by atoms with van der Waals surface area (Å²) in [5.41, 5.74) is 1.70. The second kappa shape index (κ2) is 9.44. The Balaban J connectivity index is 1.08. The summed E-state index contributed by atoms with van der Waals surface area (Å²) in [4.78, 5) is 29.5. The molecule has 0 amide bonds. The smallest absolute Gasteiger partial charge is 0.344 e. The van der Waals surface area contributed by atoms with Crippen LogP contribution in [0.1, 0.15) is 36.8 Å². The summed E-state index contributed by atoms with van der Waals surface area (Å²) in [6, 6.07) is 25.6. The van der Waals surface area contributed by atoms with Gasteiger partial charge in [0.15, 0.2) is 6.61 Å². The van der Waals surface area contributed by atoms with Crippen LogP contribution >= 0.6 is 10.9 Å². The van der Waals surface area contributed by atoms with Gasteiger partial charge in [0.1, 0.15) is 18.0 Å². The summed E-state index contributed by atoms with van der Waals surface area (Å²) >= 11 is 0. The summed E-state index contributed by atoms with van der Waals surface area (Å²) in [6.45, 7) is 3.91. The van der Waals surface area contributed by atoms with Gasteiger partial charge in [-0.1, -0.05) is 36.4 Å². The van der Waals surface area contributed by atoms with Crippen LogP contribution < -0.4 is 4.74 Å². The molecule has 202 valence electrons. The zero-order valence-corrected chi connectivity index (χ0v) is 23.2.